The third kappa shape index (κ3) is 1.83. The van der Waals surface area contributed by atoms with Crippen molar-refractivity contribution in [3.63, 3.8) is 0 Å². The van der Waals surface area contributed by atoms with Crippen molar-refractivity contribution < 1.29 is 0 Å². The first-order valence-electron chi connectivity index (χ1n) is 5.47. The molecule has 0 aliphatic carbocycles. The highest BCUT2D eigenvalue weighted by Crippen LogP contribution is 2.30. The molecule has 2 nitrogen and oxygen atoms in total. The van der Waals surface area contributed by atoms with Gasteiger partial charge in [-0.25, -0.2) is 4.98 Å². The lowest BCUT2D eigenvalue weighted by atomic mass is 10.1. The Balaban J connectivity index is 2.24. The van der Waals surface area contributed by atoms with Crippen molar-refractivity contribution in [2.24, 2.45) is 0 Å². The van der Waals surface area contributed by atoms with Crippen LogP contribution in [-0.4, -0.2) is 9.38 Å². The summed E-state index contributed by atoms with van der Waals surface area (Å²) in [6.45, 7) is 2.01. The zero-order valence-electron chi connectivity index (χ0n) is 9.65. The van der Waals surface area contributed by atoms with E-state index in [9.17, 15) is 0 Å². The first kappa shape index (κ1) is 12.0. The number of halogens is 2. The maximum atomic E-state index is 6.06. The fourth-order valence-electron chi connectivity index (χ4n) is 1.97. The van der Waals surface area contributed by atoms with Gasteiger partial charge in [0.05, 0.1) is 23.5 Å². The fraction of sp³-hybridized carbons (Fsp3) is 0.154. The van der Waals surface area contributed by atoms with Gasteiger partial charge in [-0.1, -0.05) is 17.7 Å². The molecule has 5 heteroatoms. The van der Waals surface area contributed by atoms with Crippen LogP contribution in [0, 0.1) is 6.92 Å². The summed E-state index contributed by atoms with van der Waals surface area (Å²) in [7, 11) is 0. The van der Waals surface area contributed by atoms with Crippen LogP contribution >= 0.6 is 34.5 Å². The van der Waals surface area contributed by atoms with E-state index in [0.29, 0.717) is 5.88 Å². The van der Waals surface area contributed by atoms with E-state index < -0.39 is 0 Å². The van der Waals surface area contributed by atoms with Gasteiger partial charge >= 0.3 is 0 Å². The van der Waals surface area contributed by atoms with Crippen LogP contribution in [0.15, 0.2) is 29.8 Å². The maximum Gasteiger partial charge on any atom is 0.194 e. The van der Waals surface area contributed by atoms with Crippen molar-refractivity contribution >= 4 is 39.5 Å². The van der Waals surface area contributed by atoms with Crippen molar-refractivity contribution in [2.75, 3.05) is 0 Å². The molecule has 92 valence electrons. The van der Waals surface area contributed by atoms with Crippen LogP contribution in [0.2, 0.25) is 5.02 Å². The normalized spacial score (nSPS) is 11.3. The van der Waals surface area contributed by atoms with E-state index in [1.807, 2.05) is 25.3 Å². The molecule has 0 spiro atoms. The van der Waals surface area contributed by atoms with Gasteiger partial charge in [-0.05, 0) is 30.2 Å². The molecule has 0 atom stereocenters. The minimum atomic E-state index is 0.456. The van der Waals surface area contributed by atoms with E-state index >= 15 is 0 Å². The van der Waals surface area contributed by atoms with Crippen molar-refractivity contribution in [1.82, 2.24) is 9.38 Å². The molecule has 0 fully saturated rings. The van der Waals surface area contributed by atoms with Crippen LogP contribution in [-0.2, 0) is 5.88 Å². The second-order valence-corrected chi connectivity index (χ2v) is 5.60. The van der Waals surface area contributed by atoms with E-state index in [1.54, 1.807) is 11.3 Å². The number of nitrogens with zero attached hydrogens (tertiary/aromatic N) is 2. The number of thiazole rings is 1. The van der Waals surface area contributed by atoms with Crippen LogP contribution in [0.3, 0.4) is 0 Å². The molecule has 1 aromatic carbocycles. The predicted octanol–water partition coefficient (Wildman–Crippen LogP) is 4.76. The first-order valence-corrected chi connectivity index (χ1v) is 7.26. The number of rotatable bonds is 2. The van der Waals surface area contributed by atoms with Gasteiger partial charge in [-0.2, -0.15) is 0 Å². The second kappa shape index (κ2) is 4.57. The lowest BCUT2D eigenvalue weighted by Gasteiger charge is -2.05. The molecule has 0 saturated heterocycles. The molecule has 3 aromatic rings. The van der Waals surface area contributed by atoms with Crippen LogP contribution in [0.4, 0.5) is 0 Å². The number of aromatic nitrogens is 2. The Hall–Kier alpha value is -1.03. The van der Waals surface area contributed by atoms with Gasteiger partial charge in [0.2, 0.25) is 0 Å². The van der Waals surface area contributed by atoms with Crippen LogP contribution in [0.1, 0.15) is 11.3 Å². The molecule has 2 heterocycles. The quantitative estimate of drug-likeness (QED) is 0.623. The van der Waals surface area contributed by atoms with Crippen molar-refractivity contribution in [1.29, 1.82) is 0 Å². The number of aryl methyl sites for hydroxylation is 1. The highest BCUT2D eigenvalue weighted by atomic mass is 35.5. The number of benzene rings is 1. The minimum absolute atomic E-state index is 0.456. The third-order valence-corrected chi connectivity index (χ3v) is 4.45. The van der Waals surface area contributed by atoms with E-state index in [2.05, 4.69) is 20.8 Å². The average molecular weight is 297 g/mol. The van der Waals surface area contributed by atoms with E-state index in [-0.39, 0.29) is 0 Å². The summed E-state index contributed by atoms with van der Waals surface area (Å²) in [6.07, 6.45) is 1.82. The minimum Gasteiger partial charge on any atom is -0.286 e. The van der Waals surface area contributed by atoms with Gasteiger partial charge in [0.15, 0.2) is 4.96 Å². The van der Waals surface area contributed by atoms with Gasteiger partial charge in [0, 0.05) is 10.4 Å². The highest BCUT2D eigenvalue weighted by molar-refractivity contribution is 7.15. The second-order valence-electron chi connectivity index (χ2n) is 4.09. The first-order chi connectivity index (χ1) is 8.70. The fourth-order valence-corrected chi connectivity index (χ4v) is 3.16. The largest absolute Gasteiger partial charge is 0.286 e. The standard InChI is InChI=1S/C13H10Cl2N2S/c1-8-4-9(2-3-11(8)15)12-7-18-13-16-6-10(5-14)17(12)13/h2-4,6-7H,5H2,1H3. The molecule has 0 unspecified atom stereocenters. The number of imidazole rings is 1. The van der Waals surface area contributed by atoms with Gasteiger partial charge in [-0.3, -0.25) is 4.40 Å². The van der Waals surface area contributed by atoms with Crippen LogP contribution in [0.25, 0.3) is 16.2 Å². The van der Waals surface area contributed by atoms with Crippen molar-refractivity contribution in [2.45, 2.75) is 12.8 Å². The van der Waals surface area contributed by atoms with Crippen LogP contribution < -0.4 is 0 Å². The molecule has 18 heavy (non-hydrogen) atoms. The Morgan fingerprint density at radius 1 is 1.39 bits per heavy atom. The van der Waals surface area contributed by atoms with Gasteiger partial charge in [0.25, 0.3) is 0 Å². The molecular weight excluding hydrogens is 287 g/mol. The predicted molar refractivity (Wildman–Crippen MR) is 77.8 cm³/mol. The smallest absolute Gasteiger partial charge is 0.194 e. The molecule has 3 rings (SSSR count). The lowest BCUT2D eigenvalue weighted by Crippen LogP contribution is -1.91. The highest BCUT2D eigenvalue weighted by Gasteiger charge is 2.11. The van der Waals surface area contributed by atoms with Gasteiger partial charge in [0.1, 0.15) is 0 Å². The Morgan fingerprint density at radius 3 is 2.94 bits per heavy atom. The topological polar surface area (TPSA) is 17.3 Å². The van der Waals surface area contributed by atoms with E-state index in [4.69, 9.17) is 23.2 Å². The third-order valence-electron chi connectivity index (χ3n) is 2.91. The zero-order chi connectivity index (χ0) is 12.7. The van der Waals surface area contributed by atoms with Crippen molar-refractivity contribution in [3.05, 3.63) is 46.1 Å². The van der Waals surface area contributed by atoms with Crippen molar-refractivity contribution in [3.8, 4) is 11.3 Å². The monoisotopic (exact) mass is 296 g/mol. The molecule has 2 aromatic heterocycles. The Kier molecular flexibility index (Phi) is 3.06. The summed E-state index contributed by atoms with van der Waals surface area (Å²) >= 11 is 13.6. The summed E-state index contributed by atoms with van der Waals surface area (Å²) in [5, 5.41) is 2.88. The SMILES string of the molecule is Cc1cc(-c2csc3ncc(CCl)n23)ccc1Cl. The molecule has 0 amide bonds. The van der Waals surface area contributed by atoms with Crippen LogP contribution in [0.5, 0.6) is 0 Å². The average Bonchev–Trinajstić information content (AvgIpc) is 2.93. The summed E-state index contributed by atoms with van der Waals surface area (Å²) in [5.74, 6) is 0.456. The molecule has 0 N–H and O–H groups in total. The molecule has 0 radical (unpaired) electrons. The molecule has 0 bridgehead atoms. The number of hydrogen-bond donors (Lipinski definition) is 0. The Labute approximate surface area is 119 Å². The van der Waals surface area contributed by atoms with E-state index in [1.165, 1.54) is 0 Å². The molecule has 0 saturated carbocycles. The van der Waals surface area contributed by atoms with Gasteiger partial charge < -0.3 is 0 Å². The molecular formula is C13H10Cl2N2S. The van der Waals surface area contributed by atoms with Gasteiger partial charge in [-0.15, -0.1) is 22.9 Å². The van der Waals surface area contributed by atoms with E-state index in [0.717, 1.165) is 32.5 Å². The Bertz CT molecular complexity index is 715. The number of fused-ring (bicyclic) bond motifs is 1. The number of alkyl halides is 1. The molecule has 0 aliphatic heterocycles. The summed E-state index contributed by atoms with van der Waals surface area (Å²) < 4.78 is 2.10. The Morgan fingerprint density at radius 2 is 2.22 bits per heavy atom. The number of hydrogen-bond acceptors (Lipinski definition) is 2. The summed E-state index contributed by atoms with van der Waals surface area (Å²) in [5.41, 5.74) is 4.33. The molecule has 0 aliphatic rings. The summed E-state index contributed by atoms with van der Waals surface area (Å²) in [6, 6.07) is 6.03. The maximum absolute atomic E-state index is 6.06. The lowest BCUT2D eigenvalue weighted by molar-refractivity contribution is 1.12. The summed E-state index contributed by atoms with van der Waals surface area (Å²) in [4.78, 5) is 5.31. The zero-order valence-corrected chi connectivity index (χ0v) is 12.0.